The fourth-order valence-corrected chi connectivity index (χ4v) is 10.4. The fourth-order valence-electron chi connectivity index (χ4n) is 8.61. The van der Waals surface area contributed by atoms with Gasteiger partial charge in [-0.1, -0.05) is 61.5 Å². The van der Waals surface area contributed by atoms with E-state index in [1.54, 1.807) is 28.1 Å². The summed E-state index contributed by atoms with van der Waals surface area (Å²) >= 11 is 0. The maximum absolute atomic E-state index is 13.6. The van der Waals surface area contributed by atoms with E-state index in [4.69, 9.17) is 28.0 Å². The molecule has 1 saturated heterocycles. The quantitative estimate of drug-likeness (QED) is 0.0655. The molecule has 0 amide bonds. The third-order valence-corrected chi connectivity index (χ3v) is 13.9. The molecule has 2 heterocycles. The van der Waals surface area contributed by atoms with Gasteiger partial charge in [0, 0.05) is 29.8 Å². The maximum Gasteiger partial charge on any atom is 0.330 e. The number of benzene rings is 3. The molecule has 1 aliphatic heterocycles. The van der Waals surface area contributed by atoms with Crippen molar-refractivity contribution in [3.63, 3.8) is 0 Å². The first kappa shape index (κ1) is 43.2. The summed E-state index contributed by atoms with van der Waals surface area (Å²) in [5.74, 6) is 0.183. The molecule has 310 valence electrons. The average molecular weight is 815 g/mol. The molecule has 14 heteroatoms. The Morgan fingerprint density at radius 3 is 2.02 bits per heavy atom. The number of hydrogen-bond acceptors (Lipinski definition) is 11. The summed E-state index contributed by atoms with van der Waals surface area (Å²) in [5.41, 5.74) is -2.98. The van der Waals surface area contributed by atoms with Gasteiger partial charge in [-0.3, -0.25) is 14.3 Å². The summed E-state index contributed by atoms with van der Waals surface area (Å²) in [5, 5.41) is 22.3. The molecule has 1 aliphatic carbocycles. The topological polar surface area (TPSA) is 158 Å². The summed E-state index contributed by atoms with van der Waals surface area (Å²) in [6, 6.07) is 27.2. The van der Waals surface area contributed by atoms with Gasteiger partial charge in [-0.15, -0.1) is 0 Å². The zero-order valence-corrected chi connectivity index (χ0v) is 35.6. The second kappa shape index (κ2) is 17.5. The number of aromatic nitrogens is 2. The van der Waals surface area contributed by atoms with Crippen molar-refractivity contribution < 1.29 is 33.1 Å². The monoisotopic (exact) mass is 814 g/mol. The first-order valence-corrected chi connectivity index (χ1v) is 20.8. The Bertz CT molecular complexity index is 2110. The van der Waals surface area contributed by atoms with Crippen LogP contribution in [0.5, 0.6) is 11.5 Å². The van der Waals surface area contributed by atoms with Crippen molar-refractivity contribution in [2.45, 2.75) is 96.1 Å². The number of H-pyrrole nitrogens is 1. The lowest BCUT2D eigenvalue weighted by Crippen LogP contribution is -2.62. The molecule has 4 aromatic rings. The molecular formula is C44H55N4O9P. The zero-order valence-electron chi connectivity index (χ0n) is 34.7. The number of fused-ring (bicyclic) bond motifs is 2. The van der Waals surface area contributed by atoms with Gasteiger partial charge in [0.1, 0.15) is 35.0 Å². The van der Waals surface area contributed by atoms with E-state index >= 15 is 0 Å². The highest BCUT2D eigenvalue weighted by Gasteiger charge is 2.76. The van der Waals surface area contributed by atoms with Gasteiger partial charge in [0.25, 0.3) is 14.1 Å². The number of methoxy groups -OCH3 is 2. The number of nitrogens with one attached hydrogen (secondary N) is 1. The van der Waals surface area contributed by atoms with Gasteiger partial charge >= 0.3 is 5.69 Å². The average Bonchev–Trinajstić information content (AvgIpc) is 3.60. The number of nitrogens with zero attached hydrogens (tertiary/aromatic N) is 3. The number of ether oxygens (including phenoxy) is 4. The molecule has 3 aromatic carbocycles. The van der Waals surface area contributed by atoms with Crippen molar-refractivity contribution in [1.82, 2.24) is 14.2 Å². The molecule has 13 nitrogen and oxygen atoms in total. The van der Waals surface area contributed by atoms with E-state index in [0.29, 0.717) is 17.1 Å². The highest BCUT2D eigenvalue weighted by molar-refractivity contribution is 7.44. The van der Waals surface area contributed by atoms with Crippen LogP contribution >= 0.6 is 8.53 Å². The molecule has 2 N–H and O–H groups in total. The molecule has 0 radical (unpaired) electrons. The van der Waals surface area contributed by atoms with Crippen molar-refractivity contribution in [3.05, 3.63) is 128 Å². The van der Waals surface area contributed by atoms with Crippen LogP contribution in [0.15, 0.2) is 94.6 Å². The van der Waals surface area contributed by atoms with Crippen LogP contribution in [0.4, 0.5) is 0 Å². The number of nitriles is 1. The molecule has 1 saturated carbocycles. The second-order valence-electron chi connectivity index (χ2n) is 15.8. The lowest BCUT2D eigenvalue weighted by Gasteiger charge is -2.48. The molecule has 7 atom stereocenters. The minimum Gasteiger partial charge on any atom is -0.497 e. The molecule has 0 spiro atoms. The Kier molecular flexibility index (Phi) is 13.0. The normalized spacial score (nSPS) is 24.7. The Morgan fingerprint density at radius 1 is 0.948 bits per heavy atom. The van der Waals surface area contributed by atoms with Gasteiger partial charge in [-0.25, -0.2) is 9.46 Å². The van der Waals surface area contributed by atoms with E-state index in [0.717, 1.165) is 16.7 Å². The van der Waals surface area contributed by atoms with E-state index in [1.165, 1.54) is 10.8 Å². The molecule has 58 heavy (non-hydrogen) atoms. The van der Waals surface area contributed by atoms with Crippen LogP contribution < -0.4 is 20.7 Å². The van der Waals surface area contributed by atoms with Crippen LogP contribution in [-0.4, -0.2) is 76.2 Å². The number of hydrogen-bond donors (Lipinski definition) is 2. The smallest absolute Gasteiger partial charge is 0.330 e. The molecular weight excluding hydrogens is 759 g/mol. The van der Waals surface area contributed by atoms with Crippen molar-refractivity contribution >= 4 is 8.53 Å². The van der Waals surface area contributed by atoms with Gasteiger partial charge in [0.05, 0.1) is 45.5 Å². The number of rotatable bonds is 17. The molecule has 1 aromatic heterocycles. The van der Waals surface area contributed by atoms with E-state index in [1.807, 2.05) is 113 Å². The summed E-state index contributed by atoms with van der Waals surface area (Å²) in [6.07, 6.45) is -0.238. The molecule has 2 fully saturated rings. The SMILES string of the molecule is COc1ccc(C(OC[C@]23O[C@@H](n4cc(C)c(=O)[nH]c4=O)[C@H]([C@H](C)[C@@]2(C)O)[C@@H]3OP(OCCC#N)N(C(C)C)C(C)C)(c2ccccc2)c2ccc(OC)cc2)cc1. The van der Waals surface area contributed by atoms with Crippen molar-refractivity contribution in [2.75, 3.05) is 27.4 Å². The Hall–Kier alpha value is -4.38. The predicted molar refractivity (Wildman–Crippen MR) is 221 cm³/mol. The van der Waals surface area contributed by atoms with Gasteiger partial charge in [-0.05, 0) is 88.4 Å². The van der Waals surface area contributed by atoms with Crippen molar-refractivity contribution in [2.24, 2.45) is 11.8 Å². The number of aryl methyl sites for hydroxylation is 1. The lowest BCUT2D eigenvalue weighted by molar-refractivity contribution is -0.260. The standard InChI is InChI=1S/C44H55N4O9P/c1-28(2)48(29(3)4)58(55-25-13-24-45)57-38-37-31(6)42(7,51)43(38,56-40(37)47-26-30(5)39(49)46-41(47)50)27-54-44(32-14-11-10-12-15-32,33-16-20-35(52-8)21-17-33)34-18-22-36(53-9)23-19-34/h10-12,14-23,26,28-29,31,37-38,40,51H,13,25,27H2,1-9H3,(H,46,49,50)/t31-,37+,38-,40+,42+,43+,58?/m0/s1. The highest BCUT2D eigenvalue weighted by atomic mass is 31.2. The van der Waals surface area contributed by atoms with E-state index < -0.39 is 60.7 Å². The Morgan fingerprint density at radius 2 is 1.50 bits per heavy atom. The maximum atomic E-state index is 13.6. The van der Waals surface area contributed by atoms with Gasteiger partial charge < -0.3 is 33.1 Å². The minimum atomic E-state index is -1.86. The van der Waals surface area contributed by atoms with Crippen molar-refractivity contribution in [3.8, 4) is 17.6 Å². The van der Waals surface area contributed by atoms with E-state index in [9.17, 15) is 20.0 Å². The van der Waals surface area contributed by atoms with Gasteiger partial charge in [0.2, 0.25) is 0 Å². The third-order valence-electron chi connectivity index (χ3n) is 11.8. The van der Waals surface area contributed by atoms with E-state index in [-0.39, 0.29) is 31.7 Å². The van der Waals surface area contributed by atoms with Crippen LogP contribution in [0.25, 0.3) is 0 Å². The summed E-state index contributed by atoms with van der Waals surface area (Å²) in [6.45, 7) is 13.4. The number of aromatic amines is 1. The molecule has 1 unspecified atom stereocenters. The second-order valence-corrected chi connectivity index (χ2v) is 17.2. The largest absolute Gasteiger partial charge is 0.497 e. The minimum absolute atomic E-state index is 0.0190. The first-order valence-electron chi connectivity index (χ1n) is 19.6. The van der Waals surface area contributed by atoms with Crippen LogP contribution in [0.1, 0.15) is 76.4 Å². The van der Waals surface area contributed by atoms with E-state index in [2.05, 4.69) is 15.7 Å². The van der Waals surface area contributed by atoms with Gasteiger partial charge in [-0.2, -0.15) is 5.26 Å². The summed E-state index contributed by atoms with van der Waals surface area (Å²) in [7, 11) is 1.37. The van der Waals surface area contributed by atoms with Crippen LogP contribution in [0, 0.1) is 30.1 Å². The summed E-state index contributed by atoms with van der Waals surface area (Å²) < 4.78 is 42.8. The summed E-state index contributed by atoms with van der Waals surface area (Å²) in [4.78, 5) is 28.6. The fraction of sp³-hybridized carbons (Fsp3) is 0.477. The zero-order chi connectivity index (χ0) is 42.0. The first-order chi connectivity index (χ1) is 27.7. The van der Waals surface area contributed by atoms with Crippen LogP contribution in [-0.2, 0) is 24.1 Å². The number of aliphatic hydroxyl groups is 1. The molecule has 2 bridgehead atoms. The Balaban J connectivity index is 1.57. The van der Waals surface area contributed by atoms with Crippen LogP contribution in [0.3, 0.4) is 0 Å². The molecule has 2 aliphatic rings. The Labute approximate surface area is 341 Å². The lowest BCUT2D eigenvalue weighted by atomic mass is 9.78. The predicted octanol–water partition coefficient (Wildman–Crippen LogP) is 6.82. The van der Waals surface area contributed by atoms with Gasteiger partial charge in [0.15, 0.2) is 0 Å². The molecule has 6 rings (SSSR count). The van der Waals surface area contributed by atoms with Crippen LogP contribution in [0.2, 0.25) is 0 Å². The highest BCUT2D eigenvalue weighted by Crippen LogP contribution is 2.65. The third kappa shape index (κ3) is 7.64. The van der Waals surface area contributed by atoms with Crippen molar-refractivity contribution in [1.29, 1.82) is 5.26 Å².